The molecule has 0 fully saturated rings. The zero-order chi connectivity index (χ0) is 9.26. The van der Waals surface area contributed by atoms with Crippen LogP contribution in [-0.4, -0.2) is 5.91 Å². The smallest absolute Gasteiger partial charge is 0.266 e. The molecule has 2 rings (SSSR count). The Morgan fingerprint density at radius 2 is 1.92 bits per heavy atom. The second kappa shape index (κ2) is 3.11. The molecule has 4 heteroatoms. The summed E-state index contributed by atoms with van der Waals surface area (Å²) in [5.74, 6) is -0.338. The molecule has 0 saturated carbocycles. The molecule has 0 unspecified atom stereocenters. The van der Waals surface area contributed by atoms with Crippen LogP contribution in [0.3, 0.4) is 0 Å². The highest BCUT2D eigenvalue weighted by molar-refractivity contribution is 6.32. The number of halogens is 1. The number of rotatable bonds is 1. The van der Waals surface area contributed by atoms with Crippen molar-refractivity contribution in [2.75, 3.05) is 0 Å². The van der Waals surface area contributed by atoms with Crippen LogP contribution in [0.15, 0.2) is 40.6 Å². The molecule has 0 spiro atoms. The van der Waals surface area contributed by atoms with Crippen molar-refractivity contribution in [3.63, 3.8) is 0 Å². The molecule has 13 heavy (non-hydrogen) atoms. The molecule has 3 nitrogen and oxygen atoms in total. The molecule has 64 valence electrons. The van der Waals surface area contributed by atoms with Crippen LogP contribution < -0.4 is 0 Å². The molecule has 1 heterocycles. The first-order valence-corrected chi connectivity index (χ1v) is 4.07. The summed E-state index contributed by atoms with van der Waals surface area (Å²) in [6.07, 6.45) is 1.36. The summed E-state index contributed by atoms with van der Waals surface area (Å²) in [4.78, 5) is 10.8. The highest BCUT2D eigenvalue weighted by Gasteiger charge is 2.12. The lowest BCUT2D eigenvalue weighted by Crippen LogP contribution is -1.81. The maximum atomic E-state index is 10.8. The van der Waals surface area contributed by atoms with Crippen molar-refractivity contribution < 1.29 is 4.79 Å². The van der Waals surface area contributed by atoms with Crippen LogP contribution in [0.4, 0.5) is 0 Å². The Hall–Kier alpha value is -1.48. The van der Waals surface area contributed by atoms with Crippen LogP contribution >= 0.6 is 11.6 Å². The van der Waals surface area contributed by atoms with Gasteiger partial charge in [-0.05, 0) is 6.07 Å². The number of amides is 1. The van der Waals surface area contributed by atoms with Gasteiger partial charge in [0.15, 0.2) is 0 Å². The molecule has 1 aliphatic heterocycles. The summed E-state index contributed by atoms with van der Waals surface area (Å²) in [6, 6.07) is 7.20. The molecule has 0 aliphatic carbocycles. The fourth-order valence-corrected chi connectivity index (χ4v) is 1.31. The minimum Gasteiger partial charge on any atom is -0.266 e. The number of hydrogen-bond acceptors (Lipinski definition) is 2. The Bertz CT molecular complexity index is 423. The number of benzene rings is 1. The van der Waals surface area contributed by atoms with Gasteiger partial charge in [0.2, 0.25) is 0 Å². The molecule has 0 bridgehead atoms. The van der Waals surface area contributed by atoms with E-state index in [0.29, 0.717) is 10.7 Å². The molecule has 1 aromatic carbocycles. The van der Waals surface area contributed by atoms with Crippen molar-refractivity contribution in [3.05, 3.63) is 40.9 Å². The van der Waals surface area contributed by atoms with E-state index in [4.69, 9.17) is 11.6 Å². The maximum absolute atomic E-state index is 10.8. The lowest BCUT2D eigenvalue weighted by Gasteiger charge is -1.98. The van der Waals surface area contributed by atoms with Crippen LogP contribution in [0.5, 0.6) is 0 Å². The second-order valence-electron chi connectivity index (χ2n) is 2.55. The van der Waals surface area contributed by atoms with Crippen molar-refractivity contribution in [1.29, 1.82) is 0 Å². The highest BCUT2D eigenvalue weighted by atomic mass is 35.5. The van der Waals surface area contributed by atoms with Crippen LogP contribution in [0.2, 0.25) is 5.02 Å². The minimum atomic E-state index is -0.338. The van der Waals surface area contributed by atoms with E-state index in [1.807, 2.05) is 12.1 Å². The highest BCUT2D eigenvalue weighted by Crippen LogP contribution is 2.26. The van der Waals surface area contributed by atoms with Crippen LogP contribution in [0.25, 0.3) is 5.70 Å². The van der Waals surface area contributed by atoms with Gasteiger partial charge in [0.05, 0.1) is 5.02 Å². The molecule has 1 amide bonds. The fraction of sp³-hybridized carbons (Fsp3) is 0. The fourth-order valence-electron chi connectivity index (χ4n) is 1.08. The Kier molecular flexibility index (Phi) is 1.94. The van der Waals surface area contributed by atoms with Crippen molar-refractivity contribution in [2.45, 2.75) is 0 Å². The SMILES string of the molecule is O=C1C=C(c2ccccc2Cl)N=N1. The molecule has 0 radical (unpaired) electrons. The van der Waals surface area contributed by atoms with E-state index in [2.05, 4.69) is 10.2 Å². The first-order chi connectivity index (χ1) is 6.27. The Labute approximate surface area is 79.7 Å². The van der Waals surface area contributed by atoms with E-state index in [1.54, 1.807) is 12.1 Å². The van der Waals surface area contributed by atoms with Gasteiger partial charge in [-0.25, -0.2) is 0 Å². The van der Waals surface area contributed by atoms with E-state index >= 15 is 0 Å². The minimum absolute atomic E-state index is 0.338. The average Bonchev–Trinajstić information content (AvgIpc) is 2.53. The first kappa shape index (κ1) is 8.13. The first-order valence-electron chi connectivity index (χ1n) is 3.70. The number of carbonyl (C=O) groups excluding carboxylic acids is 1. The van der Waals surface area contributed by atoms with Crippen LogP contribution in [0, 0.1) is 0 Å². The van der Waals surface area contributed by atoms with Crippen molar-refractivity contribution in [1.82, 2.24) is 0 Å². The van der Waals surface area contributed by atoms with Gasteiger partial charge >= 0.3 is 0 Å². The molecule has 1 aromatic rings. The second-order valence-corrected chi connectivity index (χ2v) is 2.95. The van der Waals surface area contributed by atoms with Gasteiger partial charge in [-0.15, -0.1) is 10.2 Å². The Balaban J connectivity index is 2.48. The van der Waals surface area contributed by atoms with Gasteiger partial charge in [-0.2, -0.15) is 0 Å². The zero-order valence-electron chi connectivity index (χ0n) is 6.57. The van der Waals surface area contributed by atoms with Gasteiger partial charge < -0.3 is 0 Å². The standard InChI is InChI=1S/C9H5ClN2O/c10-7-4-2-1-3-6(7)8-5-9(13)12-11-8/h1-5H. The third-order valence-electron chi connectivity index (χ3n) is 1.67. The quantitative estimate of drug-likeness (QED) is 0.675. The number of nitrogens with zero attached hydrogens (tertiary/aromatic N) is 2. The summed E-state index contributed by atoms with van der Waals surface area (Å²) in [6.45, 7) is 0. The monoisotopic (exact) mass is 192 g/mol. The van der Waals surface area contributed by atoms with E-state index in [9.17, 15) is 4.79 Å². The Morgan fingerprint density at radius 1 is 1.15 bits per heavy atom. The van der Waals surface area contributed by atoms with Crippen molar-refractivity contribution >= 4 is 23.2 Å². The summed E-state index contributed by atoms with van der Waals surface area (Å²) in [7, 11) is 0. The molecule has 0 atom stereocenters. The molecular weight excluding hydrogens is 188 g/mol. The maximum Gasteiger partial charge on any atom is 0.290 e. The summed E-state index contributed by atoms with van der Waals surface area (Å²) in [5.41, 5.74) is 1.26. The summed E-state index contributed by atoms with van der Waals surface area (Å²) < 4.78 is 0. The number of hydrogen-bond donors (Lipinski definition) is 0. The lowest BCUT2D eigenvalue weighted by atomic mass is 10.1. The molecule has 0 aromatic heterocycles. The van der Waals surface area contributed by atoms with Gasteiger partial charge in [-0.1, -0.05) is 29.8 Å². The van der Waals surface area contributed by atoms with Crippen LogP contribution in [0.1, 0.15) is 5.56 Å². The topological polar surface area (TPSA) is 41.8 Å². The Morgan fingerprint density at radius 3 is 2.54 bits per heavy atom. The van der Waals surface area contributed by atoms with Crippen LogP contribution in [-0.2, 0) is 4.79 Å². The zero-order valence-corrected chi connectivity index (χ0v) is 7.32. The predicted molar refractivity (Wildman–Crippen MR) is 49.3 cm³/mol. The molecular formula is C9H5ClN2O. The molecule has 1 aliphatic rings. The van der Waals surface area contributed by atoms with Crippen molar-refractivity contribution in [3.8, 4) is 0 Å². The predicted octanol–water partition coefficient (Wildman–Crippen LogP) is 2.67. The van der Waals surface area contributed by atoms with Gasteiger partial charge in [-0.3, -0.25) is 4.79 Å². The van der Waals surface area contributed by atoms with Crippen molar-refractivity contribution in [2.24, 2.45) is 10.2 Å². The number of carbonyl (C=O) groups is 1. The summed E-state index contributed by atoms with van der Waals surface area (Å²) in [5, 5.41) is 7.64. The largest absolute Gasteiger partial charge is 0.290 e. The number of azo groups is 1. The third-order valence-corrected chi connectivity index (χ3v) is 2.00. The van der Waals surface area contributed by atoms with Gasteiger partial charge in [0.1, 0.15) is 5.70 Å². The normalized spacial score (nSPS) is 14.8. The van der Waals surface area contributed by atoms with E-state index in [1.165, 1.54) is 6.08 Å². The molecule has 0 saturated heterocycles. The summed E-state index contributed by atoms with van der Waals surface area (Å²) >= 11 is 5.90. The van der Waals surface area contributed by atoms with Gasteiger partial charge in [0.25, 0.3) is 5.91 Å². The van der Waals surface area contributed by atoms with E-state index in [-0.39, 0.29) is 5.91 Å². The average molecular weight is 193 g/mol. The lowest BCUT2D eigenvalue weighted by molar-refractivity contribution is -0.113. The van der Waals surface area contributed by atoms with Gasteiger partial charge in [0, 0.05) is 11.6 Å². The van der Waals surface area contributed by atoms with E-state index < -0.39 is 0 Å². The van der Waals surface area contributed by atoms with E-state index in [0.717, 1.165) is 5.56 Å². The third kappa shape index (κ3) is 1.51. The molecule has 0 N–H and O–H groups in total.